The lowest BCUT2D eigenvalue weighted by Gasteiger charge is -2.09. The highest BCUT2D eigenvalue weighted by molar-refractivity contribution is 7.90. The van der Waals surface area contributed by atoms with E-state index in [0.29, 0.717) is 6.42 Å². The number of aromatic hydroxyl groups is 1. The van der Waals surface area contributed by atoms with Gasteiger partial charge in [0, 0.05) is 17.7 Å². The Labute approximate surface area is 210 Å². The number of amides is 1. The Hall–Kier alpha value is -4.11. The molecule has 4 aromatic rings. The zero-order valence-corrected chi connectivity index (χ0v) is 21.0. The molecule has 3 aromatic carbocycles. The van der Waals surface area contributed by atoms with Crippen molar-refractivity contribution in [1.29, 1.82) is 0 Å². The molecule has 36 heavy (non-hydrogen) atoms. The second kappa shape index (κ2) is 10.2. The number of hydrogen-bond donors (Lipinski definition) is 2. The average molecular weight is 506 g/mol. The molecule has 0 aliphatic rings. The van der Waals surface area contributed by atoms with E-state index < -0.39 is 16.1 Å². The van der Waals surface area contributed by atoms with Gasteiger partial charge in [-0.15, -0.1) is 0 Å². The highest BCUT2D eigenvalue weighted by Gasteiger charge is 2.18. The summed E-state index contributed by atoms with van der Waals surface area (Å²) in [7, 11) is -3.98. The van der Waals surface area contributed by atoms with Gasteiger partial charge in [0.25, 0.3) is 10.0 Å². The van der Waals surface area contributed by atoms with Gasteiger partial charge in [0.15, 0.2) is 0 Å². The summed E-state index contributed by atoms with van der Waals surface area (Å²) < 4.78 is 33.4. The number of nitrogens with one attached hydrogen (secondary N) is 1. The highest BCUT2D eigenvalue weighted by atomic mass is 32.2. The molecular weight excluding hydrogens is 478 g/mol. The minimum atomic E-state index is -3.98. The first kappa shape index (κ1) is 25.0. The number of aromatic nitrogens is 2. The number of carbonyl (C=O) groups excluding carboxylic acids is 1. The fourth-order valence-electron chi connectivity index (χ4n) is 3.92. The molecule has 1 aromatic heterocycles. The normalized spacial score (nSPS) is 11.3. The maximum absolute atomic E-state index is 12.3. The summed E-state index contributed by atoms with van der Waals surface area (Å²) in [5.41, 5.74) is 6.56. The molecule has 0 unspecified atom stereocenters. The van der Waals surface area contributed by atoms with Crippen molar-refractivity contribution < 1.29 is 23.1 Å². The van der Waals surface area contributed by atoms with Crippen LogP contribution in [-0.4, -0.2) is 36.0 Å². The molecule has 4 rings (SSSR count). The number of ether oxygens (including phenoxy) is 1. The van der Waals surface area contributed by atoms with Gasteiger partial charge in [-0.1, -0.05) is 42.0 Å². The first-order valence-corrected chi connectivity index (χ1v) is 12.8. The summed E-state index contributed by atoms with van der Waals surface area (Å²) in [6.45, 7) is 5.81. The summed E-state index contributed by atoms with van der Waals surface area (Å²) in [4.78, 5) is 12.0. The minimum absolute atomic E-state index is 0.00152. The van der Waals surface area contributed by atoms with E-state index in [1.807, 2.05) is 66.6 Å². The Morgan fingerprint density at radius 1 is 0.944 bits per heavy atom. The van der Waals surface area contributed by atoms with Gasteiger partial charge in [-0.2, -0.15) is 5.10 Å². The smallest absolute Gasteiger partial charge is 0.421 e. The summed E-state index contributed by atoms with van der Waals surface area (Å²) in [6.07, 6.45) is -0.592. The lowest BCUT2D eigenvalue weighted by atomic mass is 10.0. The summed E-state index contributed by atoms with van der Waals surface area (Å²) in [5.74, 6) is 0.214. The van der Waals surface area contributed by atoms with Crippen LogP contribution in [0.1, 0.15) is 22.5 Å². The first-order chi connectivity index (χ1) is 17.1. The van der Waals surface area contributed by atoms with Crippen LogP contribution in [0, 0.1) is 20.8 Å². The third-order valence-electron chi connectivity index (χ3n) is 5.80. The van der Waals surface area contributed by atoms with E-state index >= 15 is 0 Å². The minimum Gasteiger partial charge on any atom is -0.508 e. The highest BCUT2D eigenvalue weighted by Crippen LogP contribution is 2.29. The third kappa shape index (κ3) is 5.58. The van der Waals surface area contributed by atoms with Crippen molar-refractivity contribution in [3.8, 4) is 22.6 Å². The number of rotatable bonds is 7. The summed E-state index contributed by atoms with van der Waals surface area (Å²) >= 11 is 0. The van der Waals surface area contributed by atoms with Crippen LogP contribution in [0.3, 0.4) is 0 Å². The lowest BCUT2D eigenvalue weighted by molar-refractivity contribution is 0.154. The Bertz CT molecular complexity index is 1470. The van der Waals surface area contributed by atoms with E-state index in [-0.39, 0.29) is 17.3 Å². The molecule has 0 bridgehead atoms. The maximum Gasteiger partial charge on any atom is 0.421 e. The van der Waals surface area contributed by atoms with Crippen molar-refractivity contribution in [2.24, 2.45) is 0 Å². The zero-order chi connectivity index (χ0) is 25.9. The summed E-state index contributed by atoms with van der Waals surface area (Å²) in [6, 6.07) is 20.9. The monoisotopic (exact) mass is 505 g/mol. The third-order valence-corrected chi connectivity index (χ3v) is 7.13. The Balaban J connectivity index is 1.36. The van der Waals surface area contributed by atoms with Crippen LogP contribution in [-0.2, 0) is 21.2 Å². The molecule has 0 fully saturated rings. The Kier molecular flexibility index (Phi) is 7.12. The van der Waals surface area contributed by atoms with Crippen LogP contribution in [0.15, 0.2) is 77.7 Å². The molecule has 2 N–H and O–H groups in total. The van der Waals surface area contributed by atoms with E-state index in [2.05, 4.69) is 5.10 Å². The number of hydrogen-bond acceptors (Lipinski definition) is 6. The molecule has 0 saturated carbocycles. The number of phenols is 1. The summed E-state index contributed by atoms with van der Waals surface area (Å²) in [5, 5.41) is 14.2. The molecule has 1 heterocycles. The van der Waals surface area contributed by atoms with Crippen molar-refractivity contribution in [3.63, 3.8) is 0 Å². The fraction of sp³-hybridized carbons (Fsp3) is 0.185. The first-order valence-electron chi connectivity index (χ1n) is 11.4. The van der Waals surface area contributed by atoms with Crippen molar-refractivity contribution in [1.82, 2.24) is 14.5 Å². The molecule has 0 aliphatic heterocycles. The molecule has 0 atom stereocenters. The molecule has 0 spiro atoms. The van der Waals surface area contributed by atoms with Gasteiger partial charge in [-0.05, 0) is 68.3 Å². The number of carbonyl (C=O) groups is 1. The predicted octanol–water partition coefficient (Wildman–Crippen LogP) is 4.83. The molecular formula is C27H27N3O5S. The Morgan fingerprint density at radius 3 is 2.22 bits per heavy atom. The number of sulfonamides is 1. The van der Waals surface area contributed by atoms with Crippen LogP contribution in [0.25, 0.3) is 16.8 Å². The van der Waals surface area contributed by atoms with Gasteiger partial charge in [0.1, 0.15) is 5.75 Å². The van der Waals surface area contributed by atoms with Crippen LogP contribution in [0.2, 0.25) is 0 Å². The number of phenolic OH excluding ortho intramolecular Hbond substituents is 1. The van der Waals surface area contributed by atoms with Crippen LogP contribution >= 0.6 is 0 Å². The van der Waals surface area contributed by atoms with E-state index in [1.54, 1.807) is 24.3 Å². The predicted molar refractivity (Wildman–Crippen MR) is 137 cm³/mol. The van der Waals surface area contributed by atoms with Crippen LogP contribution < -0.4 is 4.72 Å². The fourth-order valence-corrected chi connectivity index (χ4v) is 4.81. The molecule has 8 nitrogen and oxygen atoms in total. The zero-order valence-electron chi connectivity index (χ0n) is 20.2. The van der Waals surface area contributed by atoms with Gasteiger partial charge < -0.3 is 9.84 Å². The van der Waals surface area contributed by atoms with Crippen molar-refractivity contribution >= 4 is 16.1 Å². The van der Waals surface area contributed by atoms with Crippen molar-refractivity contribution in [2.75, 3.05) is 6.61 Å². The second-order valence-corrected chi connectivity index (χ2v) is 10.2. The van der Waals surface area contributed by atoms with Gasteiger partial charge in [-0.25, -0.2) is 22.6 Å². The quantitative estimate of drug-likeness (QED) is 0.372. The molecule has 9 heteroatoms. The average Bonchev–Trinajstić information content (AvgIpc) is 3.14. The number of nitrogens with zero attached hydrogens (tertiary/aromatic N) is 2. The van der Waals surface area contributed by atoms with Gasteiger partial charge >= 0.3 is 6.09 Å². The Morgan fingerprint density at radius 2 is 1.58 bits per heavy atom. The topological polar surface area (TPSA) is 111 Å². The van der Waals surface area contributed by atoms with E-state index in [0.717, 1.165) is 39.3 Å². The standard InChI is InChI=1S/C27H27N3O5S/c1-18-4-14-25(15-5-18)36(33,34)29-27(32)35-17-16-21-6-10-23(11-7-21)30-20(3)26(19(2)28-30)22-8-12-24(31)13-9-22/h4-15,31H,16-17H2,1-3H3,(H,29,32). The molecule has 0 saturated heterocycles. The van der Waals surface area contributed by atoms with Crippen LogP contribution in [0.5, 0.6) is 5.75 Å². The maximum atomic E-state index is 12.3. The van der Waals surface area contributed by atoms with E-state index in [1.165, 1.54) is 12.1 Å². The SMILES string of the molecule is Cc1ccc(S(=O)(=O)NC(=O)OCCc2ccc(-n3nc(C)c(-c4ccc(O)cc4)c3C)cc2)cc1. The molecule has 0 radical (unpaired) electrons. The van der Waals surface area contributed by atoms with E-state index in [9.17, 15) is 18.3 Å². The van der Waals surface area contributed by atoms with E-state index in [4.69, 9.17) is 4.74 Å². The van der Waals surface area contributed by atoms with Gasteiger partial charge in [0.2, 0.25) is 0 Å². The van der Waals surface area contributed by atoms with Gasteiger partial charge in [0.05, 0.1) is 22.9 Å². The van der Waals surface area contributed by atoms with Crippen molar-refractivity contribution in [3.05, 3.63) is 95.3 Å². The number of benzene rings is 3. The second-order valence-electron chi connectivity index (χ2n) is 8.48. The van der Waals surface area contributed by atoms with Gasteiger partial charge in [-0.3, -0.25) is 0 Å². The molecule has 1 amide bonds. The number of aryl methyl sites for hydroxylation is 2. The van der Waals surface area contributed by atoms with Crippen LogP contribution in [0.4, 0.5) is 4.79 Å². The lowest BCUT2D eigenvalue weighted by Crippen LogP contribution is -2.31. The molecule has 186 valence electrons. The van der Waals surface area contributed by atoms with Crippen molar-refractivity contribution in [2.45, 2.75) is 32.1 Å². The molecule has 0 aliphatic carbocycles. The largest absolute Gasteiger partial charge is 0.508 e.